The minimum absolute atomic E-state index is 0.0337. The summed E-state index contributed by atoms with van der Waals surface area (Å²) in [6.07, 6.45) is 5.00. The number of methoxy groups -OCH3 is 1. The summed E-state index contributed by atoms with van der Waals surface area (Å²) < 4.78 is 21.2. The Morgan fingerprint density at radius 3 is 2.56 bits per heavy atom. The monoisotopic (exact) mass is 534 g/mol. The topological polar surface area (TPSA) is 87.0 Å². The van der Waals surface area contributed by atoms with Gasteiger partial charge in [-0.2, -0.15) is 0 Å². The summed E-state index contributed by atoms with van der Waals surface area (Å²) in [4.78, 5) is 30.7. The van der Waals surface area contributed by atoms with Crippen molar-refractivity contribution in [1.82, 2.24) is 14.4 Å². The van der Waals surface area contributed by atoms with Gasteiger partial charge in [0.15, 0.2) is 0 Å². The highest BCUT2D eigenvalue weighted by molar-refractivity contribution is 5.93. The standard InChI is InChI=1S/C30H35FN4O4/c1-33-24-14-22(39-2)11-12-23(24)26-27(33)25(15-36)35(28(37)19-7-4-3-5-8-19)18-30(26)16-34(17-30)29(38)32-21-10-6-9-20(31)13-21/h6,9-14,19,25,36H,3-5,7-8,15-18H2,1-2H3,(H,32,38)/t25-/m0/s1. The predicted molar refractivity (Wildman–Crippen MR) is 146 cm³/mol. The molecule has 206 valence electrons. The Balaban J connectivity index is 1.39. The van der Waals surface area contributed by atoms with Gasteiger partial charge < -0.3 is 29.5 Å². The molecule has 2 fully saturated rings. The first-order chi connectivity index (χ1) is 18.8. The molecule has 39 heavy (non-hydrogen) atoms. The molecule has 1 saturated carbocycles. The number of halogens is 1. The van der Waals surface area contributed by atoms with Crippen LogP contribution in [0.3, 0.4) is 0 Å². The first-order valence-corrected chi connectivity index (χ1v) is 13.7. The number of urea groups is 1. The summed E-state index contributed by atoms with van der Waals surface area (Å²) in [5.74, 6) is 0.385. The summed E-state index contributed by atoms with van der Waals surface area (Å²) in [6, 6.07) is 11.0. The Morgan fingerprint density at radius 1 is 1.10 bits per heavy atom. The number of nitrogens with zero attached hydrogens (tertiary/aromatic N) is 3. The lowest BCUT2D eigenvalue weighted by Gasteiger charge is -2.56. The van der Waals surface area contributed by atoms with Crippen LogP contribution in [0.2, 0.25) is 0 Å². The van der Waals surface area contributed by atoms with Gasteiger partial charge in [-0.15, -0.1) is 0 Å². The molecule has 2 aromatic carbocycles. The van der Waals surface area contributed by atoms with Gasteiger partial charge in [-0.3, -0.25) is 4.79 Å². The maximum Gasteiger partial charge on any atom is 0.321 e. The molecule has 0 unspecified atom stereocenters. The van der Waals surface area contributed by atoms with Crippen molar-refractivity contribution < 1.29 is 23.8 Å². The van der Waals surface area contributed by atoms with E-state index in [2.05, 4.69) is 9.88 Å². The molecule has 1 saturated heterocycles. The number of carbonyl (C=O) groups excluding carboxylic acids is 2. The number of aliphatic hydroxyl groups excluding tert-OH is 1. The number of anilines is 1. The Morgan fingerprint density at radius 2 is 1.87 bits per heavy atom. The molecule has 3 aromatic rings. The van der Waals surface area contributed by atoms with Crippen molar-refractivity contribution in [2.45, 2.75) is 43.6 Å². The zero-order valence-electron chi connectivity index (χ0n) is 22.5. The molecule has 3 aliphatic rings. The number of hydrogen-bond donors (Lipinski definition) is 2. The van der Waals surface area contributed by atoms with Gasteiger partial charge in [-0.25, -0.2) is 9.18 Å². The van der Waals surface area contributed by atoms with Gasteiger partial charge in [0.1, 0.15) is 11.6 Å². The average molecular weight is 535 g/mol. The SMILES string of the molecule is COc1ccc2c3c(n(C)c2c1)[C@H](CO)N(C(=O)C1CCCCC1)CC31CN(C(=O)Nc2cccc(F)c2)C1. The molecule has 3 heterocycles. The van der Waals surface area contributed by atoms with Crippen LogP contribution >= 0.6 is 0 Å². The summed E-state index contributed by atoms with van der Waals surface area (Å²) in [6.45, 7) is 1.10. The van der Waals surface area contributed by atoms with Crippen LogP contribution in [0.1, 0.15) is 49.4 Å². The lowest BCUT2D eigenvalue weighted by atomic mass is 9.68. The van der Waals surface area contributed by atoms with Gasteiger partial charge in [-0.05, 0) is 48.7 Å². The summed E-state index contributed by atoms with van der Waals surface area (Å²) in [5, 5.41) is 14.5. The van der Waals surface area contributed by atoms with Crippen LogP contribution in [0.5, 0.6) is 5.75 Å². The summed E-state index contributed by atoms with van der Waals surface area (Å²) in [7, 11) is 3.60. The van der Waals surface area contributed by atoms with Gasteiger partial charge in [0.05, 0.1) is 30.7 Å². The van der Waals surface area contributed by atoms with E-state index in [1.54, 1.807) is 24.1 Å². The number of likely N-dealkylation sites (tertiary alicyclic amines) is 1. The van der Waals surface area contributed by atoms with Crippen LogP contribution in [0.4, 0.5) is 14.9 Å². The van der Waals surface area contributed by atoms with E-state index in [1.807, 2.05) is 30.1 Å². The number of aryl methyl sites for hydroxylation is 1. The van der Waals surface area contributed by atoms with Crippen molar-refractivity contribution in [2.24, 2.45) is 13.0 Å². The molecular weight excluding hydrogens is 499 g/mol. The number of fused-ring (bicyclic) bond motifs is 4. The molecule has 2 aliphatic heterocycles. The number of benzene rings is 2. The van der Waals surface area contributed by atoms with Gasteiger partial charge in [0, 0.05) is 55.4 Å². The number of nitrogens with one attached hydrogen (secondary N) is 1. The number of hydrogen-bond acceptors (Lipinski definition) is 4. The van der Waals surface area contributed by atoms with Crippen LogP contribution in [0.25, 0.3) is 10.9 Å². The van der Waals surface area contributed by atoms with Crippen LogP contribution in [-0.2, 0) is 17.3 Å². The normalized spacial score (nSPS) is 20.6. The van der Waals surface area contributed by atoms with Crippen molar-refractivity contribution in [3.63, 3.8) is 0 Å². The smallest absolute Gasteiger partial charge is 0.321 e. The molecular formula is C30H35FN4O4. The van der Waals surface area contributed by atoms with E-state index in [9.17, 15) is 19.1 Å². The quantitative estimate of drug-likeness (QED) is 0.514. The van der Waals surface area contributed by atoms with Crippen molar-refractivity contribution in [2.75, 3.05) is 38.7 Å². The maximum absolute atomic E-state index is 13.9. The van der Waals surface area contributed by atoms with Crippen LogP contribution in [0.15, 0.2) is 42.5 Å². The number of amides is 3. The zero-order chi connectivity index (χ0) is 27.3. The number of carbonyl (C=O) groups is 2. The second-order valence-electron chi connectivity index (χ2n) is 11.3. The first kappa shape index (κ1) is 25.7. The maximum atomic E-state index is 13.9. The molecule has 6 rings (SSSR count). The number of ether oxygens (including phenoxy) is 1. The van der Waals surface area contributed by atoms with Gasteiger partial charge >= 0.3 is 6.03 Å². The molecule has 3 amide bonds. The molecule has 9 heteroatoms. The van der Waals surface area contributed by atoms with Gasteiger partial charge in [-0.1, -0.05) is 25.3 Å². The van der Waals surface area contributed by atoms with Crippen LogP contribution < -0.4 is 10.1 Å². The fourth-order valence-corrected chi connectivity index (χ4v) is 7.03. The van der Waals surface area contributed by atoms with E-state index in [0.717, 1.165) is 60.0 Å². The Kier molecular flexibility index (Phi) is 6.49. The number of aliphatic hydroxyl groups is 1. The van der Waals surface area contributed by atoms with Crippen molar-refractivity contribution in [3.05, 3.63) is 59.5 Å². The van der Waals surface area contributed by atoms with E-state index in [0.29, 0.717) is 25.3 Å². The van der Waals surface area contributed by atoms with Crippen LogP contribution in [-0.4, -0.2) is 64.8 Å². The lowest BCUT2D eigenvalue weighted by molar-refractivity contribution is -0.144. The van der Waals surface area contributed by atoms with E-state index in [-0.39, 0.29) is 24.5 Å². The molecule has 1 aliphatic carbocycles. The second kappa shape index (κ2) is 9.86. The lowest BCUT2D eigenvalue weighted by Crippen LogP contribution is -2.69. The van der Waals surface area contributed by atoms with E-state index >= 15 is 0 Å². The minimum Gasteiger partial charge on any atom is -0.497 e. The molecule has 0 radical (unpaired) electrons. The van der Waals surface area contributed by atoms with Gasteiger partial charge in [0.25, 0.3) is 0 Å². The largest absolute Gasteiger partial charge is 0.497 e. The first-order valence-electron chi connectivity index (χ1n) is 13.7. The third-order valence-corrected chi connectivity index (χ3v) is 8.91. The highest BCUT2D eigenvalue weighted by Crippen LogP contribution is 2.50. The van der Waals surface area contributed by atoms with E-state index in [1.165, 1.54) is 12.1 Å². The second-order valence-corrected chi connectivity index (χ2v) is 11.3. The Hall–Kier alpha value is -3.59. The molecule has 1 atom stereocenters. The summed E-state index contributed by atoms with van der Waals surface area (Å²) in [5.41, 5.74) is 2.90. The fourth-order valence-electron chi connectivity index (χ4n) is 7.03. The molecule has 1 aromatic heterocycles. The van der Waals surface area contributed by atoms with Crippen molar-refractivity contribution in [1.29, 1.82) is 0 Å². The molecule has 0 bridgehead atoms. The zero-order valence-corrected chi connectivity index (χ0v) is 22.5. The molecule has 8 nitrogen and oxygen atoms in total. The predicted octanol–water partition coefficient (Wildman–Crippen LogP) is 4.57. The Bertz CT molecular complexity index is 1420. The third-order valence-electron chi connectivity index (χ3n) is 8.91. The molecule has 2 N–H and O–H groups in total. The van der Waals surface area contributed by atoms with Crippen molar-refractivity contribution in [3.8, 4) is 5.75 Å². The van der Waals surface area contributed by atoms with Crippen LogP contribution in [0, 0.1) is 11.7 Å². The fraction of sp³-hybridized carbons (Fsp3) is 0.467. The van der Waals surface area contributed by atoms with E-state index in [4.69, 9.17) is 4.74 Å². The number of aromatic nitrogens is 1. The Labute approximate surface area is 227 Å². The summed E-state index contributed by atoms with van der Waals surface area (Å²) >= 11 is 0. The van der Waals surface area contributed by atoms with Crippen molar-refractivity contribution >= 4 is 28.5 Å². The third kappa shape index (κ3) is 4.23. The molecule has 1 spiro atoms. The number of rotatable bonds is 4. The highest BCUT2D eigenvalue weighted by atomic mass is 19.1. The minimum atomic E-state index is -0.474. The average Bonchev–Trinajstić information content (AvgIpc) is 3.23. The van der Waals surface area contributed by atoms with E-state index < -0.39 is 17.3 Å². The van der Waals surface area contributed by atoms with Gasteiger partial charge in [0.2, 0.25) is 5.91 Å². The highest BCUT2D eigenvalue weighted by Gasteiger charge is 2.56.